The summed E-state index contributed by atoms with van der Waals surface area (Å²) in [7, 11) is 0. The van der Waals surface area contributed by atoms with Gasteiger partial charge in [-0.15, -0.1) is 0 Å². The monoisotopic (exact) mass is 303 g/mol. The molecule has 1 aliphatic heterocycles. The zero-order chi connectivity index (χ0) is 16.7. The molecule has 3 atom stereocenters. The topological polar surface area (TPSA) is 57.6 Å². The van der Waals surface area contributed by atoms with E-state index in [0.29, 0.717) is 0 Å². The van der Waals surface area contributed by atoms with Crippen LogP contribution in [0.3, 0.4) is 0 Å². The van der Waals surface area contributed by atoms with Crippen LogP contribution in [0.25, 0.3) is 0 Å². The van der Waals surface area contributed by atoms with Crippen LogP contribution in [-0.2, 0) is 9.59 Å². The van der Waals surface area contributed by atoms with Gasteiger partial charge in [0, 0.05) is 6.42 Å². The molecule has 1 heterocycles. The number of carboxylic acids is 1. The van der Waals surface area contributed by atoms with Crippen LogP contribution in [0.5, 0.6) is 0 Å². The maximum Gasteiger partial charge on any atom is 0.312 e. The molecule has 0 aromatic heterocycles. The first kappa shape index (κ1) is 16.5. The SMILES string of the molecule is C[C@H](c1ccccc1)N1C(=O)C[C@@](C)(C(=O)O)C1C(C)(C)C. The lowest BCUT2D eigenvalue weighted by Crippen LogP contribution is -2.51. The van der Waals surface area contributed by atoms with Crippen molar-refractivity contribution in [3.8, 4) is 0 Å². The molecule has 4 heteroatoms. The van der Waals surface area contributed by atoms with Crippen molar-refractivity contribution < 1.29 is 14.7 Å². The van der Waals surface area contributed by atoms with E-state index in [4.69, 9.17) is 0 Å². The van der Waals surface area contributed by atoms with Crippen LogP contribution in [0.1, 0.15) is 52.6 Å². The summed E-state index contributed by atoms with van der Waals surface area (Å²) in [6.45, 7) is 9.67. The number of carbonyl (C=O) groups is 2. The highest BCUT2D eigenvalue weighted by atomic mass is 16.4. The first-order valence-electron chi connectivity index (χ1n) is 7.68. The summed E-state index contributed by atoms with van der Waals surface area (Å²) in [5, 5.41) is 9.72. The molecule has 1 aliphatic rings. The Bertz CT molecular complexity index is 576. The highest BCUT2D eigenvalue weighted by Gasteiger charge is 2.58. The number of amides is 1. The second-order valence-electron chi connectivity index (χ2n) is 7.56. The van der Waals surface area contributed by atoms with Gasteiger partial charge in [0.25, 0.3) is 0 Å². The molecule has 1 unspecified atom stereocenters. The summed E-state index contributed by atoms with van der Waals surface area (Å²) in [6.07, 6.45) is 0.0570. The summed E-state index contributed by atoms with van der Waals surface area (Å²) < 4.78 is 0. The van der Waals surface area contributed by atoms with Crippen LogP contribution in [0.4, 0.5) is 0 Å². The summed E-state index contributed by atoms with van der Waals surface area (Å²) in [5.74, 6) is -0.982. The van der Waals surface area contributed by atoms with Gasteiger partial charge in [0.1, 0.15) is 0 Å². The van der Waals surface area contributed by atoms with Gasteiger partial charge in [0.2, 0.25) is 5.91 Å². The van der Waals surface area contributed by atoms with Crippen molar-refractivity contribution in [3.05, 3.63) is 35.9 Å². The Labute approximate surface area is 132 Å². The van der Waals surface area contributed by atoms with Crippen LogP contribution in [0, 0.1) is 10.8 Å². The number of nitrogens with zero attached hydrogens (tertiary/aromatic N) is 1. The minimum absolute atomic E-state index is 0.0570. The predicted octanol–water partition coefficient (Wildman–Crippen LogP) is 3.49. The molecule has 0 radical (unpaired) electrons. The Morgan fingerprint density at radius 3 is 2.32 bits per heavy atom. The highest BCUT2D eigenvalue weighted by Crippen LogP contribution is 2.49. The molecule has 0 bridgehead atoms. The molecule has 1 saturated heterocycles. The van der Waals surface area contributed by atoms with Gasteiger partial charge in [-0.1, -0.05) is 51.1 Å². The number of hydrogen-bond acceptors (Lipinski definition) is 2. The molecule has 22 heavy (non-hydrogen) atoms. The van der Waals surface area contributed by atoms with E-state index in [-0.39, 0.29) is 29.8 Å². The van der Waals surface area contributed by atoms with E-state index in [0.717, 1.165) is 5.56 Å². The van der Waals surface area contributed by atoms with Crippen LogP contribution >= 0.6 is 0 Å². The quantitative estimate of drug-likeness (QED) is 0.930. The molecule has 120 valence electrons. The smallest absolute Gasteiger partial charge is 0.312 e. The molecule has 1 aromatic rings. The van der Waals surface area contributed by atoms with Gasteiger partial charge in [0.05, 0.1) is 17.5 Å². The van der Waals surface area contributed by atoms with Gasteiger partial charge < -0.3 is 10.0 Å². The number of hydrogen-bond donors (Lipinski definition) is 1. The number of aliphatic carboxylic acids is 1. The van der Waals surface area contributed by atoms with E-state index >= 15 is 0 Å². The molecule has 1 amide bonds. The van der Waals surface area contributed by atoms with Crippen LogP contribution < -0.4 is 0 Å². The number of likely N-dealkylation sites (tertiary alicyclic amines) is 1. The average Bonchev–Trinajstić information content (AvgIpc) is 2.71. The normalized spacial score (nSPS) is 27.0. The maximum atomic E-state index is 12.6. The van der Waals surface area contributed by atoms with Crippen LogP contribution in [0.15, 0.2) is 30.3 Å². The van der Waals surface area contributed by atoms with Crippen molar-refractivity contribution in [2.24, 2.45) is 10.8 Å². The summed E-state index contributed by atoms with van der Waals surface area (Å²) >= 11 is 0. The van der Waals surface area contributed by atoms with E-state index in [1.807, 2.05) is 58.0 Å². The molecule has 2 rings (SSSR count). The Morgan fingerprint density at radius 2 is 1.86 bits per heavy atom. The van der Waals surface area contributed by atoms with Crippen molar-refractivity contribution in [3.63, 3.8) is 0 Å². The van der Waals surface area contributed by atoms with E-state index < -0.39 is 11.4 Å². The third-order valence-corrected chi connectivity index (χ3v) is 4.70. The summed E-state index contributed by atoms with van der Waals surface area (Å²) in [4.78, 5) is 26.3. The fourth-order valence-corrected chi connectivity index (χ4v) is 3.85. The summed E-state index contributed by atoms with van der Waals surface area (Å²) in [5.41, 5.74) is -0.347. The van der Waals surface area contributed by atoms with E-state index in [1.54, 1.807) is 11.8 Å². The molecular formula is C18H25NO3. The molecule has 4 nitrogen and oxygen atoms in total. The Hall–Kier alpha value is -1.84. The van der Waals surface area contributed by atoms with E-state index in [9.17, 15) is 14.7 Å². The maximum absolute atomic E-state index is 12.6. The number of benzene rings is 1. The van der Waals surface area contributed by atoms with Crippen molar-refractivity contribution in [1.82, 2.24) is 4.90 Å². The molecule has 1 fully saturated rings. The largest absolute Gasteiger partial charge is 0.481 e. The Morgan fingerprint density at radius 1 is 1.32 bits per heavy atom. The second-order valence-corrected chi connectivity index (χ2v) is 7.56. The third-order valence-electron chi connectivity index (χ3n) is 4.70. The van der Waals surface area contributed by atoms with E-state index in [1.165, 1.54) is 0 Å². The number of carbonyl (C=O) groups excluding carboxylic acids is 1. The molecular weight excluding hydrogens is 278 g/mol. The lowest BCUT2D eigenvalue weighted by molar-refractivity contribution is -0.152. The lowest BCUT2D eigenvalue weighted by atomic mass is 9.70. The zero-order valence-electron chi connectivity index (χ0n) is 14.0. The standard InChI is InChI=1S/C18H25NO3/c1-12(13-9-7-6-8-10-13)19-14(20)11-18(5,16(21)22)15(19)17(2,3)4/h6-10,12,15H,11H2,1-5H3,(H,21,22)/t12-,15?,18-/m1/s1. The Balaban J connectivity index is 2.49. The van der Waals surface area contributed by atoms with Crippen molar-refractivity contribution in [2.45, 2.75) is 53.1 Å². The first-order valence-corrected chi connectivity index (χ1v) is 7.68. The van der Waals surface area contributed by atoms with Crippen LogP contribution in [-0.4, -0.2) is 27.9 Å². The average molecular weight is 303 g/mol. The van der Waals surface area contributed by atoms with E-state index in [2.05, 4.69) is 0 Å². The van der Waals surface area contributed by atoms with Crippen LogP contribution in [0.2, 0.25) is 0 Å². The third kappa shape index (κ3) is 2.62. The fraction of sp³-hybridized carbons (Fsp3) is 0.556. The minimum Gasteiger partial charge on any atom is -0.481 e. The van der Waals surface area contributed by atoms with Crippen molar-refractivity contribution in [1.29, 1.82) is 0 Å². The number of rotatable bonds is 3. The minimum atomic E-state index is -1.06. The van der Waals surface area contributed by atoms with Gasteiger partial charge in [-0.3, -0.25) is 9.59 Å². The zero-order valence-corrected chi connectivity index (χ0v) is 14.0. The first-order chi connectivity index (χ1) is 10.1. The van der Waals surface area contributed by atoms with Gasteiger partial charge in [0.15, 0.2) is 0 Å². The van der Waals surface area contributed by atoms with Gasteiger partial charge in [-0.25, -0.2) is 0 Å². The highest BCUT2D eigenvalue weighted by molar-refractivity contribution is 5.90. The number of carboxylic acid groups (broad SMARTS) is 1. The molecule has 1 N–H and O–H groups in total. The van der Waals surface area contributed by atoms with Crippen molar-refractivity contribution >= 4 is 11.9 Å². The predicted molar refractivity (Wildman–Crippen MR) is 85.3 cm³/mol. The van der Waals surface area contributed by atoms with Crippen molar-refractivity contribution in [2.75, 3.05) is 0 Å². The Kier molecular flexibility index (Phi) is 4.07. The summed E-state index contributed by atoms with van der Waals surface area (Å²) in [6, 6.07) is 9.29. The molecule has 0 spiro atoms. The van der Waals surface area contributed by atoms with Gasteiger partial charge in [-0.2, -0.15) is 0 Å². The lowest BCUT2D eigenvalue weighted by Gasteiger charge is -2.44. The second kappa shape index (κ2) is 5.41. The molecule has 0 aliphatic carbocycles. The van der Waals surface area contributed by atoms with Gasteiger partial charge in [-0.05, 0) is 24.8 Å². The fourth-order valence-electron chi connectivity index (χ4n) is 3.85. The molecule has 0 saturated carbocycles. The van der Waals surface area contributed by atoms with Gasteiger partial charge >= 0.3 is 5.97 Å². The molecule has 1 aromatic carbocycles.